The molecule has 9 nitrogen and oxygen atoms in total. The molecule has 3 aromatic rings. The maximum absolute atomic E-state index is 14.0. The predicted octanol–water partition coefficient (Wildman–Crippen LogP) is 4.26. The van der Waals surface area contributed by atoms with E-state index < -0.39 is 20.0 Å². The van der Waals surface area contributed by atoms with Crippen LogP contribution in [0.25, 0.3) is 0 Å². The third-order valence-electron chi connectivity index (χ3n) is 7.16. The fourth-order valence-electron chi connectivity index (χ4n) is 5.03. The van der Waals surface area contributed by atoms with Gasteiger partial charge in [0.15, 0.2) is 0 Å². The highest BCUT2D eigenvalue weighted by Gasteiger charge is 2.39. The minimum absolute atomic E-state index is 0.0719. The zero-order chi connectivity index (χ0) is 29.2. The molecule has 1 amide bonds. The first-order valence-electron chi connectivity index (χ1n) is 13.1. The van der Waals surface area contributed by atoms with Gasteiger partial charge >= 0.3 is 0 Å². The van der Waals surface area contributed by atoms with Crippen LogP contribution in [0.3, 0.4) is 0 Å². The van der Waals surface area contributed by atoms with Crippen molar-refractivity contribution in [3.63, 3.8) is 0 Å². The highest BCUT2D eigenvalue weighted by molar-refractivity contribution is 8.10. The topological polar surface area (TPSA) is 104 Å². The number of carbonyl (C=O) groups excluding carboxylic acids is 1. The predicted molar refractivity (Wildman–Crippen MR) is 157 cm³/mol. The molecule has 0 spiro atoms. The van der Waals surface area contributed by atoms with Crippen molar-refractivity contribution >= 4 is 54.8 Å². The summed E-state index contributed by atoms with van der Waals surface area (Å²) >= 11 is 12.5. The average Bonchev–Trinajstić information content (AvgIpc) is 3.49. The second-order valence-corrected chi connectivity index (χ2v) is 14.5. The summed E-state index contributed by atoms with van der Waals surface area (Å²) in [6.45, 7) is 3.92. The van der Waals surface area contributed by atoms with E-state index in [4.69, 9.17) is 27.9 Å². The number of anilines is 1. The monoisotopic (exact) mass is 637 g/mol. The molecule has 0 aromatic heterocycles. The molecule has 2 aliphatic heterocycles. The van der Waals surface area contributed by atoms with Crippen molar-refractivity contribution in [2.75, 3.05) is 43.1 Å². The first-order chi connectivity index (χ1) is 19.6. The summed E-state index contributed by atoms with van der Waals surface area (Å²) in [5.74, 6) is 0.0405. The normalized spacial score (nSPS) is 18.4. The smallest absolute Gasteiger partial charge is 0.279 e. The van der Waals surface area contributed by atoms with Gasteiger partial charge in [-0.2, -0.15) is 20.5 Å². The van der Waals surface area contributed by atoms with Crippen LogP contribution in [-0.2, 0) is 36.1 Å². The highest BCUT2D eigenvalue weighted by Crippen LogP contribution is 2.36. The molecule has 2 aliphatic rings. The molecule has 3 aromatic carbocycles. The zero-order valence-electron chi connectivity index (χ0n) is 22.0. The van der Waals surface area contributed by atoms with Crippen LogP contribution in [0.2, 0.25) is 10.0 Å². The van der Waals surface area contributed by atoms with Gasteiger partial charge in [-0.3, -0.25) is 9.69 Å². The van der Waals surface area contributed by atoms with E-state index in [1.54, 1.807) is 24.3 Å². The highest BCUT2D eigenvalue weighted by atomic mass is 35.5. The molecule has 1 unspecified atom stereocenters. The first-order valence-corrected chi connectivity index (χ1v) is 16.7. The summed E-state index contributed by atoms with van der Waals surface area (Å²) < 4.78 is 61.6. The molecular weight excluding hydrogens is 609 g/mol. The van der Waals surface area contributed by atoms with Crippen LogP contribution in [-0.4, -0.2) is 71.9 Å². The number of benzene rings is 3. The van der Waals surface area contributed by atoms with Crippen LogP contribution in [0.4, 0.5) is 5.69 Å². The minimum atomic E-state index is -4.70. The molecule has 5 rings (SSSR count). The molecule has 0 bridgehead atoms. The second kappa shape index (κ2) is 12.3. The van der Waals surface area contributed by atoms with E-state index in [0.29, 0.717) is 55.2 Å². The Labute approximate surface area is 250 Å². The van der Waals surface area contributed by atoms with Crippen molar-refractivity contribution in [1.29, 1.82) is 0 Å². The molecule has 0 N–H and O–H groups in total. The number of hydrogen-bond acceptors (Lipinski definition) is 7. The van der Waals surface area contributed by atoms with E-state index in [9.17, 15) is 21.6 Å². The number of hydrogen-bond donors (Lipinski definition) is 0. The molecule has 2 saturated heterocycles. The summed E-state index contributed by atoms with van der Waals surface area (Å²) in [4.78, 5) is 16.0. The number of carbonyl (C=O) groups is 1. The van der Waals surface area contributed by atoms with Crippen molar-refractivity contribution in [3.05, 3.63) is 88.4 Å². The summed E-state index contributed by atoms with van der Waals surface area (Å²) in [6, 6.07) is 17.7. The Balaban J connectivity index is 1.44. The molecule has 0 saturated carbocycles. The fraction of sp³-hybridized carbons (Fsp3) is 0.321. The lowest BCUT2D eigenvalue weighted by molar-refractivity contribution is -0.137. The molecule has 2 fully saturated rings. The Morgan fingerprint density at radius 2 is 1.41 bits per heavy atom. The largest absolute Gasteiger partial charge is 0.381 e. The van der Waals surface area contributed by atoms with Crippen LogP contribution < -0.4 is 3.71 Å². The fourth-order valence-corrected chi connectivity index (χ4v) is 9.67. The van der Waals surface area contributed by atoms with E-state index >= 15 is 0 Å². The third kappa shape index (κ3) is 6.25. The van der Waals surface area contributed by atoms with Crippen LogP contribution in [0.15, 0.2) is 82.6 Å². The van der Waals surface area contributed by atoms with E-state index in [1.807, 2.05) is 4.90 Å². The van der Waals surface area contributed by atoms with E-state index in [0.717, 1.165) is 6.42 Å². The van der Waals surface area contributed by atoms with Crippen molar-refractivity contribution in [2.24, 2.45) is 5.92 Å². The Bertz CT molecular complexity index is 1560. The first kappa shape index (κ1) is 29.8. The lowest BCUT2D eigenvalue weighted by Gasteiger charge is -2.36. The van der Waals surface area contributed by atoms with Gasteiger partial charge in [-0.05, 0) is 48.4 Å². The average molecular weight is 639 g/mol. The summed E-state index contributed by atoms with van der Waals surface area (Å²) in [7, 11) is -9.39. The summed E-state index contributed by atoms with van der Waals surface area (Å²) in [5.41, 5.74) is 0.637. The lowest BCUT2D eigenvalue weighted by atomic mass is 10.1. The Morgan fingerprint density at radius 1 is 0.829 bits per heavy atom. The number of rotatable bonds is 8. The molecule has 0 aliphatic carbocycles. The molecule has 1 atom stereocenters. The quantitative estimate of drug-likeness (QED) is 0.363. The number of ether oxygens (including phenoxy) is 1. The van der Waals surface area contributed by atoms with Gasteiger partial charge < -0.3 is 9.64 Å². The van der Waals surface area contributed by atoms with Crippen molar-refractivity contribution < 1.29 is 26.4 Å². The van der Waals surface area contributed by atoms with Gasteiger partial charge in [0.25, 0.3) is 20.0 Å². The van der Waals surface area contributed by atoms with Gasteiger partial charge in [-0.1, -0.05) is 59.6 Å². The molecule has 2 heterocycles. The molecular formula is C28H29Cl2N3O6S2. The number of nitrogens with zero attached hydrogens (tertiary/aromatic N) is 3. The molecule has 0 radical (unpaired) electrons. The van der Waals surface area contributed by atoms with Gasteiger partial charge in [0.2, 0.25) is 5.91 Å². The summed E-state index contributed by atoms with van der Waals surface area (Å²) in [6.07, 6.45) is 0.747. The van der Waals surface area contributed by atoms with E-state index in [1.165, 1.54) is 48.5 Å². The van der Waals surface area contributed by atoms with Gasteiger partial charge in [0, 0.05) is 39.3 Å². The van der Waals surface area contributed by atoms with Gasteiger partial charge in [0.05, 0.1) is 28.3 Å². The van der Waals surface area contributed by atoms with Crippen LogP contribution >= 0.6 is 23.2 Å². The Hall–Kier alpha value is -2.67. The third-order valence-corrected chi connectivity index (χ3v) is 12.3. The Morgan fingerprint density at radius 3 is 1.95 bits per heavy atom. The van der Waals surface area contributed by atoms with Crippen LogP contribution in [0, 0.1) is 5.92 Å². The molecule has 41 heavy (non-hydrogen) atoms. The number of piperazine rings is 1. The molecule has 13 heteroatoms. The number of amides is 1. The van der Waals surface area contributed by atoms with Crippen LogP contribution in [0.1, 0.15) is 12.0 Å². The van der Waals surface area contributed by atoms with Crippen molar-refractivity contribution in [2.45, 2.75) is 22.8 Å². The van der Waals surface area contributed by atoms with E-state index in [2.05, 4.69) is 4.90 Å². The number of halogens is 2. The van der Waals surface area contributed by atoms with Crippen molar-refractivity contribution in [3.8, 4) is 0 Å². The zero-order valence-corrected chi connectivity index (χ0v) is 25.2. The standard InChI is InChI=1S/C28H29Cl2N3O6S2/c29-24-8-1-3-10-26(24)40(35,36)33(41(37,38)27-11-4-2-9-25(27)30)23-7-5-6-21(18-23)19-31-13-15-32(16-14-31)28(34)22-12-17-39-20-22/h1-11,18,22H,12-17,19-20H2. The van der Waals surface area contributed by atoms with Gasteiger partial charge in [-0.15, -0.1) is 0 Å². The Kier molecular flexibility index (Phi) is 8.93. The summed E-state index contributed by atoms with van der Waals surface area (Å²) in [5, 5.41) is -0.223. The maximum Gasteiger partial charge on any atom is 0.279 e. The molecule has 218 valence electrons. The maximum atomic E-state index is 14.0. The van der Waals surface area contributed by atoms with Gasteiger partial charge in [0.1, 0.15) is 9.79 Å². The van der Waals surface area contributed by atoms with Crippen LogP contribution in [0.5, 0.6) is 0 Å². The SMILES string of the molecule is O=C(C1CCOC1)N1CCN(Cc2cccc(N(S(=O)(=O)c3ccccc3Cl)S(=O)(=O)c3ccccc3Cl)c2)CC1. The van der Waals surface area contributed by atoms with Crippen molar-refractivity contribution in [1.82, 2.24) is 9.80 Å². The minimum Gasteiger partial charge on any atom is -0.381 e. The van der Waals surface area contributed by atoms with E-state index in [-0.39, 0.29) is 37.3 Å². The second-order valence-electron chi connectivity index (χ2n) is 9.90. The number of sulfonamides is 2. The lowest BCUT2D eigenvalue weighted by Crippen LogP contribution is -2.50. The van der Waals surface area contributed by atoms with Gasteiger partial charge in [-0.25, -0.2) is 0 Å².